The van der Waals surface area contributed by atoms with Gasteiger partial charge in [0.2, 0.25) is 0 Å². The first-order valence-corrected chi connectivity index (χ1v) is 10.9. The van der Waals surface area contributed by atoms with E-state index in [1.165, 1.54) is 11.5 Å². The Balaban J connectivity index is 1.44. The SMILES string of the molecule is O=C(Nc1ccc(N2CCS(=O)CC2)cc1)c1cccc(-c2ccsn2)n1. The number of hydrogen-bond donors (Lipinski definition) is 1. The topological polar surface area (TPSA) is 75.2 Å². The van der Waals surface area contributed by atoms with E-state index in [2.05, 4.69) is 19.6 Å². The molecule has 0 radical (unpaired) electrons. The lowest BCUT2D eigenvalue weighted by atomic mass is 10.2. The second kappa shape index (κ2) is 7.98. The van der Waals surface area contributed by atoms with Crippen molar-refractivity contribution in [3.8, 4) is 11.4 Å². The number of pyridine rings is 1. The Hall–Kier alpha value is -2.58. The van der Waals surface area contributed by atoms with E-state index in [1.807, 2.05) is 41.8 Å². The molecule has 138 valence electrons. The molecule has 1 aliphatic heterocycles. The minimum Gasteiger partial charge on any atom is -0.370 e. The van der Waals surface area contributed by atoms with Gasteiger partial charge in [0.1, 0.15) is 11.4 Å². The zero-order valence-electron chi connectivity index (χ0n) is 14.5. The summed E-state index contributed by atoms with van der Waals surface area (Å²) in [6, 6.07) is 14.9. The van der Waals surface area contributed by atoms with Gasteiger partial charge in [-0.1, -0.05) is 6.07 Å². The molecule has 1 fully saturated rings. The molecule has 4 rings (SSSR count). The Bertz CT molecular complexity index is 948. The molecule has 1 saturated heterocycles. The number of nitrogens with one attached hydrogen (secondary N) is 1. The van der Waals surface area contributed by atoms with Crippen molar-refractivity contribution < 1.29 is 9.00 Å². The zero-order chi connectivity index (χ0) is 18.6. The van der Waals surface area contributed by atoms with Crippen LogP contribution in [0.1, 0.15) is 10.5 Å². The number of nitrogens with zero attached hydrogens (tertiary/aromatic N) is 3. The van der Waals surface area contributed by atoms with Gasteiger partial charge in [0.15, 0.2) is 0 Å². The summed E-state index contributed by atoms with van der Waals surface area (Å²) in [5, 5.41) is 4.76. The summed E-state index contributed by atoms with van der Waals surface area (Å²) < 4.78 is 15.7. The van der Waals surface area contributed by atoms with Gasteiger partial charge in [0.25, 0.3) is 5.91 Å². The predicted molar refractivity (Wildman–Crippen MR) is 110 cm³/mol. The number of carbonyl (C=O) groups is 1. The van der Waals surface area contributed by atoms with Crippen LogP contribution in [0, 0.1) is 0 Å². The van der Waals surface area contributed by atoms with Crippen LogP contribution < -0.4 is 10.2 Å². The van der Waals surface area contributed by atoms with Crippen molar-refractivity contribution in [1.29, 1.82) is 0 Å². The number of aromatic nitrogens is 2. The van der Waals surface area contributed by atoms with E-state index in [1.54, 1.807) is 12.1 Å². The highest BCUT2D eigenvalue weighted by molar-refractivity contribution is 7.85. The van der Waals surface area contributed by atoms with Crippen molar-refractivity contribution in [2.24, 2.45) is 0 Å². The van der Waals surface area contributed by atoms with E-state index >= 15 is 0 Å². The van der Waals surface area contributed by atoms with Gasteiger partial charge < -0.3 is 10.2 Å². The molecule has 0 spiro atoms. The lowest BCUT2D eigenvalue weighted by Gasteiger charge is -2.28. The third-order valence-corrected chi connectivity index (χ3v) is 6.19. The summed E-state index contributed by atoms with van der Waals surface area (Å²) in [6.07, 6.45) is 0. The fourth-order valence-corrected chi connectivity index (χ4v) is 4.47. The van der Waals surface area contributed by atoms with Gasteiger partial charge in [-0.15, -0.1) is 0 Å². The summed E-state index contributed by atoms with van der Waals surface area (Å²) in [5.41, 5.74) is 3.59. The summed E-state index contributed by atoms with van der Waals surface area (Å²) in [6.45, 7) is 1.59. The van der Waals surface area contributed by atoms with Gasteiger partial charge in [-0.3, -0.25) is 9.00 Å². The van der Waals surface area contributed by atoms with E-state index in [-0.39, 0.29) is 5.91 Å². The Morgan fingerprint density at radius 1 is 1.04 bits per heavy atom. The number of carbonyl (C=O) groups excluding carboxylic acids is 1. The van der Waals surface area contributed by atoms with Gasteiger partial charge in [-0.05, 0) is 54.0 Å². The highest BCUT2D eigenvalue weighted by Gasteiger charge is 2.16. The molecule has 0 atom stereocenters. The minimum absolute atomic E-state index is 0.256. The Kier molecular flexibility index (Phi) is 5.26. The first kappa shape index (κ1) is 17.8. The molecule has 6 nitrogen and oxygen atoms in total. The summed E-state index contributed by atoms with van der Waals surface area (Å²) in [4.78, 5) is 19.1. The first-order valence-electron chi connectivity index (χ1n) is 8.58. The molecule has 0 saturated carbocycles. The number of benzene rings is 1. The van der Waals surface area contributed by atoms with Crippen molar-refractivity contribution in [1.82, 2.24) is 9.36 Å². The number of hydrogen-bond acceptors (Lipinski definition) is 6. The van der Waals surface area contributed by atoms with Crippen molar-refractivity contribution in [2.75, 3.05) is 34.8 Å². The molecule has 1 aliphatic rings. The molecule has 0 aliphatic carbocycles. The van der Waals surface area contributed by atoms with Crippen LogP contribution in [-0.2, 0) is 10.8 Å². The van der Waals surface area contributed by atoms with Crippen molar-refractivity contribution in [3.05, 3.63) is 59.6 Å². The standard InChI is InChI=1S/C19H18N4O2S2/c24-19(18-3-1-2-16(21-18)17-8-11-26-22-17)20-14-4-6-15(7-5-14)23-9-12-27(25)13-10-23/h1-8,11H,9-10,12-13H2,(H,20,24). The van der Waals surface area contributed by atoms with Gasteiger partial charge in [0.05, 0.1) is 5.69 Å². The maximum atomic E-state index is 12.5. The smallest absolute Gasteiger partial charge is 0.274 e. The number of rotatable bonds is 4. The van der Waals surface area contributed by atoms with Crippen LogP contribution in [-0.4, -0.2) is 44.1 Å². The van der Waals surface area contributed by atoms with Gasteiger partial charge in [-0.2, -0.15) is 4.37 Å². The second-order valence-corrected chi connectivity index (χ2v) is 8.49. The minimum atomic E-state index is -0.691. The highest BCUT2D eigenvalue weighted by Crippen LogP contribution is 2.20. The maximum Gasteiger partial charge on any atom is 0.274 e. The molecule has 3 aromatic rings. The van der Waals surface area contributed by atoms with E-state index in [0.29, 0.717) is 28.6 Å². The molecule has 1 N–H and O–H groups in total. The monoisotopic (exact) mass is 398 g/mol. The average molecular weight is 399 g/mol. The van der Waals surface area contributed by atoms with Crippen molar-refractivity contribution in [2.45, 2.75) is 0 Å². The van der Waals surface area contributed by atoms with Crippen LogP contribution in [0.25, 0.3) is 11.4 Å². The van der Waals surface area contributed by atoms with Crippen molar-refractivity contribution >= 4 is 39.6 Å². The zero-order valence-corrected chi connectivity index (χ0v) is 16.1. The summed E-state index contributed by atoms with van der Waals surface area (Å²) in [7, 11) is -0.691. The van der Waals surface area contributed by atoms with E-state index in [4.69, 9.17) is 0 Å². The number of anilines is 2. The van der Waals surface area contributed by atoms with Crippen LogP contribution in [0.4, 0.5) is 11.4 Å². The summed E-state index contributed by atoms with van der Waals surface area (Å²) >= 11 is 1.35. The molecule has 0 unspecified atom stereocenters. The Morgan fingerprint density at radius 3 is 2.52 bits per heavy atom. The normalized spacial score (nSPS) is 14.9. The number of amides is 1. The summed E-state index contributed by atoms with van der Waals surface area (Å²) in [5.74, 6) is 1.16. The molecule has 2 aromatic heterocycles. The van der Waals surface area contributed by atoms with Gasteiger partial charge in [-0.25, -0.2) is 4.98 Å². The largest absolute Gasteiger partial charge is 0.370 e. The Labute approximate surface area is 163 Å². The molecule has 1 aromatic carbocycles. The third kappa shape index (κ3) is 4.23. The second-order valence-electron chi connectivity index (χ2n) is 6.13. The van der Waals surface area contributed by atoms with Crippen LogP contribution in [0.15, 0.2) is 53.9 Å². The molecular formula is C19H18N4O2S2. The Morgan fingerprint density at radius 2 is 1.81 bits per heavy atom. The van der Waals surface area contributed by atoms with Crippen LogP contribution in [0.3, 0.4) is 0 Å². The quantitative estimate of drug-likeness (QED) is 0.731. The molecule has 0 bridgehead atoms. The molecule has 3 heterocycles. The predicted octanol–water partition coefficient (Wildman–Crippen LogP) is 3.03. The van der Waals surface area contributed by atoms with Gasteiger partial charge in [0, 0.05) is 52.1 Å². The molecule has 27 heavy (non-hydrogen) atoms. The molecule has 1 amide bonds. The van der Waals surface area contributed by atoms with Crippen LogP contribution in [0.5, 0.6) is 0 Å². The average Bonchev–Trinajstić information content (AvgIpc) is 3.24. The van der Waals surface area contributed by atoms with E-state index in [0.717, 1.165) is 24.5 Å². The lowest BCUT2D eigenvalue weighted by molar-refractivity contribution is 0.102. The maximum absolute atomic E-state index is 12.5. The van der Waals surface area contributed by atoms with Gasteiger partial charge >= 0.3 is 0 Å². The van der Waals surface area contributed by atoms with Crippen LogP contribution in [0.2, 0.25) is 0 Å². The fraction of sp³-hybridized carbons (Fsp3) is 0.211. The van der Waals surface area contributed by atoms with E-state index < -0.39 is 10.8 Å². The van der Waals surface area contributed by atoms with E-state index in [9.17, 15) is 9.00 Å². The highest BCUT2D eigenvalue weighted by atomic mass is 32.2. The fourth-order valence-electron chi connectivity index (χ4n) is 2.90. The van der Waals surface area contributed by atoms with Crippen LogP contribution >= 0.6 is 11.5 Å². The lowest BCUT2D eigenvalue weighted by Crippen LogP contribution is -2.37. The third-order valence-electron chi connectivity index (χ3n) is 4.35. The molecule has 8 heteroatoms. The first-order chi connectivity index (χ1) is 13.2. The molecular weight excluding hydrogens is 380 g/mol. The van der Waals surface area contributed by atoms with Crippen molar-refractivity contribution in [3.63, 3.8) is 0 Å².